The SMILES string of the molecule is CCOC(=O)[C@@H]1CCCN1C(=O)c1ccc(C(=O)NC(C)c2nc3cc(Cl)ccc3[nH]2)cc1Cl. The first kappa shape index (κ1) is 24.0. The van der Waals surface area contributed by atoms with Crippen LogP contribution in [0.1, 0.15) is 59.3 Å². The van der Waals surface area contributed by atoms with Gasteiger partial charge in [0.2, 0.25) is 0 Å². The van der Waals surface area contributed by atoms with Crippen molar-refractivity contribution in [3.05, 3.63) is 63.4 Å². The Morgan fingerprint density at radius 1 is 1.24 bits per heavy atom. The van der Waals surface area contributed by atoms with E-state index in [4.69, 9.17) is 27.9 Å². The highest BCUT2D eigenvalue weighted by Crippen LogP contribution is 2.26. The molecular weight excluding hydrogens is 479 g/mol. The molecule has 0 radical (unpaired) electrons. The van der Waals surface area contributed by atoms with Gasteiger partial charge in [-0.25, -0.2) is 9.78 Å². The lowest BCUT2D eigenvalue weighted by atomic mass is 10.1. The molecule has 3 aromatic rings. The predicted molar refractivity (Wildman–Crippen MR) is 129 cm³/mol. The minimum atomic E-state index is -0.619. The van der Waals surface area contributed by atoms with E-state index in [0.29, 0.717) is 41.3 Å². The van der Waals surface area contributed by atoms with Crippen molar-refractivity contribution < 1.29 is 19.1 Å². The van der Waals surface area contributed by atoms with Crippen molar-refractivity contribution in [1.82, 2.24) is 20.2 Å². The van der Waals surface area contributed by atoms with Gasteiger partial charge in [-0.1, -0.05) is 23.2 Å². The van der Waals surface area contributed by atoms with Gasteiger partial charge >= 0.3 is 5.97 Å². The van der Waals surface area contributed by atoms with Crippen LogP contribution in [0.3, 0.4) is 0 Å². The maximum Gasteiger partial charge on any atom is 0.328 e. The number of nitrogens with one attached hydrogen (secondary N) is 2. The van der Waals surface area contributed by atoms with Crippen molar-refractivity contribution in [2.24, 2.45) is 0 Å². The summed E-state index contributed by atoms with van der Waals surface area (Å²) in [5.41, 5.74) is 2.06. The number of esters is 1. The molecule has 1 saturated heterocycles. The van der Waals surface area contributed by atoms with Crippen molar-refractivity contribution in [2.75, 3.05) is 13.2 Å². The zero-order chi connectivity index (χ0) is 24.4. The Bertz CT molecular complexity index is 1260. The summed E-state index contributed by atoms with van der Waals surface area (Å²) in [4.78, 5) is 47.2. The number of fused-ring (bicyclic) bond motifs is 1. The van der Waals surface area contributed by atoms with Gasteiger partial charge in [0.25, 0.3) is 11.8 Å². The number of H-pyrrole nitrogens is 1. The van der Waals surface area contributed by atoms with Gasteiger partial charge in [-0.15, -0.1) is 0 Å². The van der Waals surface area contributed by atoms with Gasteiger partial charge in [-0.3, -0.25) is 9.59 Å². The normalized spacial score (nSPS) is 16.5. The van der Waals surface area contributed by atoms with Crippen LogP contribution in [0.5, 0.6) is 0 Å². The molecule has 4 rings (SSSR count). The molecule has 2 N–H and O–H groups in total. The topological polar surface area (TPSA) is 104 Å². The minimum absolute atomic E-state index is 0.137. The van der Waals surface area contributed by atoms with Crippen molar-refractivity contribution >= 4 is 52.0 Å². The number of aromatic nitrogens is 2. The van der Waals surface area contributed by atoms with Crippen LogP contribution in [0, 0.1) is 0 Å². The molecule has 8 nitrogen and oxygen atoms in total. The Hall–Kier alpha value is -3.10. The predicted octanol–water partition coefficient (Wildman–Crippen LogP) is 4.53. The largest absolute Gasteiger partial charge is 0.464 e. The second-order valence-corrected chi connectivity index (χ2v) is 8.93. The summed E-state index contributed by atoms with van der Waals surface area (Å²) in [6, 6.07) is 8.79. The van der Waals surface area contributed by atoms with Crippen LogP contribution in [0.2, 0.25) is 10.0 Å². The van der Waals surface area contributed by atoms with Crippen LogP contribution in [0.15, 0.2) is 36.4 Å². The number of likely N-dealkylation sites (tertiary alicyclic amines) is 1. The summed E-state index contributed by atoms with van der Waals surface area (Å²) >= 11 is 12.4. The van der Waals surface area contributed by atoms with E-state index >= 15 is 0 Å². The highest BCUT2D eigenvalue weighted by molar-refractivity contribution is 6.34. The molecule has 1 aromatic heterocycles. The molecule has 0 aliphatic carbocycles. The zero-order valence-corrected chi connectivity index (χ0v) is 20.2. The van der Waals surface area contributed by atoms with E-state index < -0.39 is 18.1 Å². The van der Waals surface area contributed by atoms with Crippen LogP contribution in [0.25, 0.3) is 11.0 Å². The fourth-order valence-corrected chi connectivity index (χ4v) is 4.46. The van der Waals surface area contributed by atoms with Gasteiger partial charge in [0.15, 0.2) is 0 Å². The Balaban J connectivity index is 1.47. The molecule has 2 amide bonds. The second kappa shape index (κ2) is 10.0. The van der Waals surface area contributed by atoms with Crippen molar-refractivity contribution in [1.29, 1.82) is 0 Å². The van der Waals surface area contributed by atoms with Crippen LogP contribution < -0.4 is 5.32 Å². The monoisotopic (exact) mass is 502 g/mol. The number of ether oxygens (including phenoxy) is 1. The number of carbonyl (C=O) groups excluding carboxylic acids is 3. The number of halogens is 2. The first-order valence-corrected chi connectivity index (χ1v) is 11.8. The molecule has 0 spiro atoms. The molecule has 1 aliphatic heterocycles. The van der Waals surface area contributed by atoms with Crippen LogP contribution in [0.4, 0.5) is 0 Å². The molecule has 2 aromatic carbocycles. The standard InChI is InChI=1S/C24H24Cl2N4O4/c1-3-34-24(33)20-5-4-10-30(20)23(32)16-8-6-14(11-17(16)26)22(31)27-13(2)21-28-18-9-7-15(25)12-19(18)29-21/h6-9,11-13,20H,3-5,10H2,1-2H3,(H,27,31)(H,28,29)/t13?,20-/m0/s1. The third kappa shape index (κ3) is 4.88. The molecule has 178 valence electrons. The lowest BCUT2D eigenvalue weighted by Gasteiger charge is -2.23. The molecule has 10 heteroatoms. The van der Waals surface area contributed by atoms with Gasteiger partial charge in [0.05, 0.1) is 34.3 Å². The van der Waals surface area contributed by atoms with Gasteiger partial charge < -0.3 is 19.9 Å². The molecule has 2 heterocycles. The molecule has 2 atom stereocenters. The first-order chi connectivity index (χ1) is 16.3. The molecule has 0 bridgehead atoms. The maximum absolute atomic E-state index is 13.1. The Kier molecular flexibility index (Phi) is 7.09. The van der Waals surface area contributed by atoms with Crippen LogP contribution in [-0.4, -0.2) is 51.8 Å². The Morgan fingerprint density at radius 2 is 2.03 bits per heavy atom. The summed E-state index contributed by atoms with van der Waals surface area (Å²) in [5.74, 6) is -0.552. The number of carbonyl (C=O) groups is 3. The summed E-state index contributed by atoms with van der Waals surface area (Å²) in [6.45, 7) is 4.23. The van der Waals surface area contributed by atoms with E-state index in [9.17, 15) is 14.4 Å². The smallest absolute Gasteiger partial charge is 0.328 e. The molecule has 34 heavy (non-hydrogen) atoms. The number of nitrogens with zero attached hydrogens (tertiary/aromatic N) is 2. The average molecular weight is 503 g/mol. The van der Waals surface area contributed by atoms with E-state index in [1.54, 1.807) is 26.0 Å². The van der Waals surface area contributed by atoms with Crippen molar-refractivity contribution in [3.8, 4) is 0 Å². The fraction of sp³-hybridized carbons (Fsp3) is 0.333. The Labute approximate surface area is 206 Å². The maximum atomic E-state index is 13.1. The van der Waals surface area contributed by atoms with Crippen molar-refractivity contribution in [2.45, 2.75) is 38.8 Å². The number of aromatic amines is 1. The van der Waals surface area contributed by atoms with E-state index in [-0.39, 0.29) is 29.0 Å². The Morgan fingerprint density at radius 3 is 2.76 bits per heavy atom. The fourth-order valence-electron chi connectivity index (χ4n) is 4.03. The van der Waals surface area contributed by atoms with E-state index in [2.05, 4.69) is 15.3 Å². The number of imidazole rings is 1. The van der Waals surface area contributed by atoms with Crippen LogP contribution in [-0.2, 0) is 9.53 Å². The molecule has 1 fully saturated rings. The van der Waals surface area contributed by atoms with Gasteiger partial charge in [-0.05, 0) is 63.1 Å². The number of amides is 2. The number of rotatable bonds is 6. The van der Waals surface area contributed by atoms with Crippen molar-refractivity contribution in [3.63, 3.8) is 0 Å². The first-order valence-electron chi connectivity index (χ1n) is 11.0. The minimum Gasteiger partial charge on any atom is -0.464 e. The number of benzene rings is 2. The van der Waals surface area contributed by atoms with Gasteiger partial charge in [-0.2, -0.15) is 0 Å². The number of hydrogen-bond acceptors (Lipinski definition) is 5. The third-order valence-corrected chi connectivity index (χ3v) is 6.30. The highest BCUT2D eigenvalue weighted by Gasteiger charge is 2.36. The van der Waals surface area contributed by atoms with Crippen LogP contribution >= 0.6 is 23.2 Å². The third-order valence-electron chi connectivity index (χ3n) is 5.76. The van der Waals surface area contributed by atoms with E-state index in [0.717, 1.165) is 5.52 Å². The van der Waals surface area contributed by atoms with E-state index in [1.807, 2.05) is 6.07 Å². The van der Waals surface area contributed by atoms with E-state index in [1.165, 1.54) is 23.1 Å². The molecule has 0 saturated carbocycles. The lowest BCUT2D eigenvalue weighted by Crippen LogP contribution is -2.41. The summed E-state index contributed by atoms with van der Waals surface area (Å²) in [7, 11) is 0. The van der Waals surface area contributed by atoms with Gasteiger partial charge in [0.1, 0.15) is 11.9 Å². The second-order valence-electron chi connectivity index (χ2n) is 8.08. The number of hydrogen-bond donors (Lipinski definition) is 2. The molecular formula is C24H24Cl2N4O4. The van der Waals surface area contributed by atoms with Gasteiger partial charge in [0, 0.05) is 17.1 Å². The lowest BCUT2D eigenvalue weighted by molar-refractivity contribution is -0.147. The average Bonchev–Trinajstić information content (AvgIpc) is 3.45. The molecule has 1 unspecified atom stereocenters. The highest BCUT2D eigenvalue weighted by atomic mass is 35.5. The molecule has 1 aliphatic rings. The quantitative estimate of drug-likeness (QED) is 0.481. The summed E-state index contributed by atoms with van der Waals surface area (Å²) < 4.78 is 5.09. The summed E-state index contributed by atoms with van der Waals surface area (Å²) in [6.07, 6.45) is 1.26. The zero-order valence-electron chi connectivity index (χ0n) is 18.7. The summed E-state index contributed by atoms with van der Waals surface area (Å²) in [5, 5.41) is 3.59.